The molecule has 0 saturated carbocycles. The van der Waals surface area contributed by atoms with Crippen molar-refractivity contribution in [3.05, 3.63) is 111 Å². The summed E-state index contributed by atoms with van der Waals surface area (Å²) in [5.74, 6) is -0.350. The van der Waals surface area contributed by atoms with E-state index in [0.717, 1.165) is 10.2 Å². The predicted molar refractivity (Wildman–Crippen MR) is 161 cm³/mol. The van der Waals surface area contributed by atoms with Crippen molar-refractivity contribution in [2.24, 2.45) is 4.99 Å². The minimum absolute atomic E-state index is 0.0320. The first-order valence-electron chi connectivity index (χ1n) is 11.8. The standard InChI is InChI=1S/C27H18N6O5S3/c34-25(30-19-5-1-2-6-21(19)32(35)36)16-39-27-31-20-10-9-18(14-24(20)41-27)29-15-17-8-11-23(22(13-17)33(37)38)40-26-7-3-4-12-28-26/h1-15H,16H2,(H,30,34). The predicted octanol–water partition coefficient (Wildman–Crippen LogP) is 7.14. The molecule has 0 saturated heterocycles. The molecule has 0 atom stereocenters. The van der Waals surface area contributed by atoms with Crippen LogP contribution in [0.5, 0.6) is 0 Å². The maximum atomic E-state index is 12.4. The van der Waals surface area contributed by atoms with Gasteiger partial charge in [-0.15, -0.1) is 11.3 Å². The molecule has 5 aromatic rings. The van der Waals surface area contributed by atoms with E-state index in [4.69, 9.17) is 0 Å². The number of fused-ring (bicyclic) bond motifs is 1. The number of carbonyl (C=O) groups is 1. The second kappa shape index (κ2) is 12.7. The molecule has 2 aromatic heterocycles. The number of rotatable bonds is 10. The second-order valence-corrected chi connectivity index (χ2v) is 11.6. The summed E-state index contributed by atoms with van der Waals surface area (Å²) in [5, 5.41) is 26.1. The van der Waals surface area contributed by atoms with E-state index < -0.39 is 9.85 Å². The average molecular weight is 603 g/mol. The van der Waals surface area contributed by atoms with Crippen molar-refractivity contribution in [3.63, 3.8) is 0 Å². The van der Waals surface area contributed by atoms with Gasteiger partial charge in [0.1, 0.15) is 10.7 Å². The van der Waals surface area contributed by atoms with Crippen LogP contribution in [0.4, 0.5) is 22.7 Å². The largest absolute Gasteiger partial charge is 0.320 e. The SMILES string of the molecule is O=C(CSc1nc2ccc(N=Cc3ccc(Sc4ccccn4)c([N+](=O)[O-])c3)cc2s1)Nc1ccccc1[N+](=O)[O-]. The summed E-state index contributed by atoms with van der Waals surface area (Å²) in [6.45, 7) is 0. The lowest BCUT2D eigenvalue weighted by Gasteiger charge is -2.04. The van der Waals surface area contributed by atoms with Crippen LogP contribution in [0.2, 0.25) is 0 Å². The van der Waals surface area contributed by atoms with E-state index in [1.165, 1.54) is 59.1 Å². The molecule has 14 heteroatoms. The number of pyridine rings is 1. The molecule has 0 aliphatic heterocycles. The smallest absolute Gasteiger partial charge is 0.292 e. The van der Waals surface area contributed by atoms with Crippen LogP contribution in [0.1, 0.15) is 5.56 Å². The molecule has 3 aromatic carbocycles. The summed E-state index contributed by atoms with van der Waals surface area (Å²) < 4.78 is 1.52. The number of thiazole rings is 1. The maximum Gasteiger partial charge on any atom is 0.292 e. The minimum Gasteiger partial charge on any atom is -0.320 e. The minimum atomic E-state index is -0.546. The molecule has 1 N–H and O–H groups in total. The number of anilines is 1. The Morgan fingerprint density at radius 3 is 2.56 bits per heavy atom. The number of para-hydroxylation sites is 2. The number of aromatic nitrogens is 2. The lowest BCUT2D eigenvalue weighted by molar-refractivity contribution is -0.387. The zero-order valence-corrected chi connectivity index (χ0v) is 23.3. The van der Waals surface area contributed by atoms with Crippen LogP contribution in [0.15, 0.2) is 104 Å². The van der Waals surface area contributed by atoms with Crippen LogP contribution in [0.25, 0.3) is 10.2 Å². The number of nitro groups is 2. The maximum absolute atomic E-state index is 12.4. The number of benzene rings is 3. The first kappa shape index (κ1) is 27.9. The van der Waals surface area contributed by atoms with E-state index in [-0.39, 0.29) is 28.7 Å². The quantitative estimate of drug-likeness (QED) is 0.0760. The molecule has 0 aliphatic carbocycles. The van der Waals surface area contributed by atoms with Crippen molar-refractivity contribution in [2.75, 3.05) is 11.1 Å². The van der Waals surface area contributed by atoms with Gasteiger partial charge in [0.25, 0.3) is 11.4 Å². The number of hydrogen-bond acceptors (Lipinski definition) is 11. The van der Waals surface area contributed by atoms with Crippen LogP contribution < -0.4 is 5.32 Å². The highest BCUT2D eigenvalue weighted by Gasteiger charge is 2.17. The Labute approximate surface area is 245 Å². The number of thioether (sulfide) groups is 1. The summed E-state index contributed by atoms with van der Waals surface area (Å²) in [7, 11) is 0. The van der Waals surface area contributed by atoms with Gasteiger partial charge in [-0.05, 0) is 48.0 Å². The van der Waals surface area contributed by atoms with E-state index in [1.807, 2.05) is 18.2 Å². The first-order chi connectivity index (χ1) is 19.9. The lowest BCUT2D eigenvalue weighted by atomic mass is 10.2. The third-order valence-electron chi connectivity index (χ3n) is 5.45. The number of aliphatic imine (C=N–C) groups is 1. The first-order valence-corrected chi connectivity index (χ1v) is 14.5. The van der Waals surface area contributed by atoms with Crippen LogP contribution in [-0.2, 0) is 4.79 Å². The molecule has 11 nitrogen and oxygen atoms in total. The van der Waals surface area contributed by atoms with Gasteiger partial charge in [-0.1, -0.05) is 47.8 Å². The van der Waals surface area contributed by atoms with Crippen LogP contribution >= 0.6 is 34.9 Å². The van der Waals surface area contributed by atoms with E-state index in [0.29, 0.717) is 25.5 Å². The summed E-state index contributed by atoms with van der Waals surface area (Å²) in [5.41, 5.74) is 1.89. The molecule has 204 valence electrons. The highest BCUT2D eigenvalue weighted by atomic mass is 32.2. The Hall–Kier alpha value is -4.66. The van der Waals surface area contributed by atoms with Crippen molar-refractivity contribution in [1.82, 2.24) is 9.97 Å². The van der Waals surface area contributed by atoms with Gasteiger partial charge in [-0.3, -0.25) is 30.0 Å². The molecular formula is C27H18N6O5S3. The van der Waals surface area contributed by atoms with Gasteiger partial charge in [0.15, 0.2) is 4.34 Å². The number of nitrogens with zero attached hydrogens (tertiary/aromatic N) is 5. The molecule has 1 amide bonds. The Balaban J connectivity index is 1.25. The molecule has 0 unspecified atom stereocenters. The average Bonchev–Trinajstić information content (AvgIpc) is 3.38. The van der Waals surface area contributed by atoms with Gasteiger partial charge in [0, 0.05) is 24.5 Å². The third-order valence-corrected chi connectivity index (χ3v) is 8.63. The third kappa shape index (κ3) is 7.11. The molecule has 0 radical (unpaired) electrons. The van der Waals surface area contributed by atoms with Crippen LogP contribution in [-0.4, -0.2) is 37.7 Å². The Morgan fingerprint density at radius 1 is 0.976 bits per heavy atom. The topological polar surface area (TPSA) is 154 Å². The molecule has 0 aliphatic rings. The Bertz CT molecular complexity index is 1800. The van der Waals surface area contributed by atoms with E-state index in [9.17, 15) is 25.0 Å². The fraction of sp³-hybridized carbons (Fsp3) is 0.0370. The summed E-state index contributed by atoms with van der Waals surface area (Å²) in [6, 6.07) is 21.7. The van der Waals surface area contributed by atoms with E-state index in [1.54, 1.807) is 48.8 Å². The van der Waals surface area contributed by atoms with E-state index >= 15 is 0 Å². The van der Waals surface area contributed by atoms with Crippen molar-refractivity contribution in [3.8, 4) is 0 Å². The van der Waals surface area contributed by atoms with Gasteiger partial charge in [-0.2, -0.15) is 0 Å². The van der Waals surface area contributed by atoms with Crippen molar-refractivity contribution < 1.29 is 14.6 Å². The molecule has 0 spiro atoms. The fourth-order valence-corrected chi connectivity index (χ4v) is 6.36. The number of carbonyl (C=O) groups excluding carboxylic acids is 1. The lowest BCUT2D eigenvalue weighted by Crippen LogP contribution is -2.15. The Kier molecular flexibility index (Phi) is 8.62. The monoisotopic (exact) mass is 602 g/mol. The molecule has 0 bridgehead atoms. The number of hydrogen-bond donors (Lipinski definition) is 1. The van der Waals surface area contributed by atoms with Gasteiger partial charge >= 0.3 is 0 Å². The van der Waals surface area contributed by atoms with Gasteiger partial charge < -0.3 is 5.32 Å². The second-order valence-electron chi connectivity index (χ2n) is 8.26. The van der Waals surface area contributed by atoms with Crippen molar-refractivity contribution >= 4 is 79.9 Å². The number of amides is 1. The number of nitro benzene ring substituents is 2. The van der Waals surface area contributed by atoms with E-state index in [2.05, 4.69) is 20.3 Å². The zero-order chi connectivity index (χ0) is 28.8. The van der Waals surface area contributed by atoms with Gasteiger partial charge in [0.05, 0.1) is 36.4 Å². The zero-order valence-electron chi connectivity index (χ0n) is 20.9. The highest BCUT2D eigenvalue weighted by Crippen LogP contribution is 2.35. The molecule has 2 heterocycles. The molecular weight excluding hydrogens is 585 g/mol. The van der Waals surface area contributed by atoms with Gasteiger partial charge in [-0.25, -0.2) is 9.97 Å². The molecule has 5 rings (SSSR count). The fourth-order valence-electron chi connectivity index (χ4n) is 3.60. The molecule has 0 fully saturated rings. The summed E-state index contributed by atoms with van der Waals surface area (Å²) in [6.07, 6.45) is 3.20. The van der Waals surface area contributed by atoms with Crippen molar-refractivity contribution in [2.45, 2.75) is 14.3 Å². The van der Waals surface area contributed by atoms with Crippen LogP contribution in [0, 0.1) is 20.2 Å². The van der Waals surface area contributed by atoms with Crippen LogP contribution in [0.3, 0.4) is 0 Å². The van der Waals surface area contributed by atoms with Gasteiger partial charge in [0.2, 0.25) is 5.91 Å². The Morgan fingerprint density at radius 2 is 1.78 bits per heavy atom. The highest BCUT2D eigenvalue weighted by molar-refractivity contribution is 8.01. The van der Waals surface area contributed by atoms with Crippen molar-refractivity contribution in [1.29, 1.82) is 0 Å². The number of nitrogens with one attached hydrogen (secondary N) is 1. The summed E-state index contributed by atoms with van der Waals surface area (Å²) >= 11 is 3.84. The molecule has 41 heavy (non-hydrogen) atoms. The normalized spacial score (nSPS) is 11.1. The summed E-state index contributed by atoms with van der Waals surface area (Å²) in [4.78, 5) is 48.0.